The Balaban J connectivity index is 2.21. The lowest BCUT2D eigenvalue weighted by molar-refractivity contribution is -0.297. The van der Waals surface area contributed by atoms with Gasteiger partial charge in [-0.1, -0.05) is 24.6 Å². The SMILES string of the molecule is CC(=O)OC1C=C(C)CCC(C)(CC=CC(C)(C)OO)C2CC2C(C)(O)C1. The Labute approximate surface area is 163 Å². The first kappa shape index (κ1) is 22.1. The van der Waals surface area contributed by atoms with Crippen LogP contribution in [0.25, 0.3) is 0 Å². The number of carbonyl (C=O) groups excluding carboxylic acids is 1. The zero-order chi connectivity index (χ0) is 20.5. The van der Waals surface area contributed by atoms with E-state index in [-0.39, 0.29) is 23.4 Å². The van der Waals surface area contributed by atoms with E-state index in [0.29, 0.717) is 12.3 Å². The highest BCUT2D eigenvalue weighted by molar-refractivity contribution is 5.66. The summed E-state index contributed by atoms with van der Waals surface area (Å²) in [5, 5.41) is 20.1. The smallest absolute Gasteiger partial charge is 0.303 e. The Morgan fingerprint density at radius 1 is 1.37 bits per heavy atom. The van der Waals surface area contributed by atoms with Gasteiger partial charge >= 0.3 is 5.97 Å². The van der Waals surface area contributed by atoms with Crippen molar-refractivity contribution in [2.45, 2.75) is 91.0 Å². The third-order valence-electron chi connectivity index (χ3n) is 6.32. The number of hydrogen-bond acceptors (Lipinski definition) is 5. The molecule has 5 heteroatoms. The molecule has 0 saturated heterocycles. The molecule has 5 atom stereocenters. The summed E-state index contributed by atoms with van der Waals surface area (Å²) in [6.45, 7) is 11.3. The van der Waals surface area contributed by atoms with Crippen LogP contribution in [0, 0.1) is 17.3 Å². The molecule has 2 aliphatic rings. The van der Waals surface area contributed by atoms with Crippen LogP contribution < -0.4 is 0 Å². The minimum absolute atomic E-state index is 0.0695. The lowest BCUT2D eigenvalue weighted by atomic mass is 9.73. The first-order chi connectivity index (χ1) is 12.4. The fourth-order valence-corrected chi connectivity index (χ4v) is 4.52. The van der Waals surface area contributed by atoms with Gasteiger partial charge in [-0.3, -0.25) is 10.1 Å². The number of ether oxygens (including phenoxy) is 1. The van der Waals surface area contributed by atoms with Crippen molar-refractivity contribution >= 4 is 5.97 Å². The van der Waals surface area contributed by atoms with E-state index in [0.717, 1.165) is 25.7 Å². The summed E-state index contributed by atoms with van der Waals surface area (Å²) in [5.41, 5.74) is -0.309. The molecule has 5 nitrogen and oxygen atoms in total. The second kappa shape index (κ2) is 8.06. The predicted octanol–water partition coefficient (Wildman–Crippen LogP) is 4.66. The van der Waals surface area contributed by atoms with Gasteiger partial charge in [0, 0.05) is 13.3 Å². The average molecular weight is 381 g/mol. The monoisotopic (exact) mass is 380 g/mol. The van der Waals surface area contributed by atoms with Gasteiger partial charge in [0.25, 0.3) is 0 Å². The van der Waals surface area contributed by atoms with Crippen LogP contribution in [0.4, 0.5) is 0 Å². The first-order valence-electron chi connectivity index (χ1n) is 9.96. The Morgan fingerprint density at radius 3 is 2.63 bits per heavy atom. The molecular formula is C22H36O5. The van der Waals surface area contributed by atoms with Crippen LogP contribution >= 0.6 is 0 Å². The average Bonchev–Trinajstić information content (AvgIpc) is 3.33. The van der Waals surface area contributed by atoms with Crippen LogP contribution in [0.2, 0.25) is 0 Å². The molecule has 0 bridgehead atoms. The van der Waals surface area contributed by atoms with Crippen molar-refractivity contribution in [2.24, 2.45) is 17.3 Å². The molecule has 5 unspecified atom stereocenters. The molecule has 0 aromatic carbocycles. The summed E-state index contributed by atoms with van der Waals surface area (Å²) in [7, 11) is 0. The van der Waals surface area contributed by atoms with Gasteiger partial charge in [-0.2, -0.15) is 0 Å². The molecule has 0 aliphatic heterocycles. The molecule has 0 heterocycles. The van der Waals surface area contributed by atoms with Gasteiger partial charge in [-0.25, -0.2) is 4.89 Å². The van der Waals surface area contributed by atoms with Crippen molar-refractivity contribution in [3.63, 3.8) is 0 Å². The van der Waals surface area contributed by atoms with E-state index < -0.39 is 11.2 Å². The molecule has 0 aromatic heterocycles. The maximum Gasteiger partial charge on any atom is 0.303 e. The zero-order valence-corrected chi connectivity index (χ0v) is 17.6. The molecule has 0 radical (unpaired) electrons. The van der Waals surface area contributed by atoms with Crippen molar-refractivity contribution in [2.75, 3.05) is 0 Å². The lowest BCUT2D eigenvalue weighted by Gasteiger charge is -2.35. The van der Waals surface area contributed by atoms with E-state index >= 15 is 0 Å². The Morgan fingerprint density at radius 2 is 2.04 bits per heavy atom. The van der Waals surface area contributed by atoms with E-state index in [9.17, 15) is 9.90 Å². The molecule has 0 spiro atoms. The third-order valence-corrected chi connectivity index (χ3v) is 6.32. The van der Waals surface area contributed by atoms with Crippen molar-refractivity contribution in [1.82, 2.24) is 0 Å². The zero-order valence-electron chi connectivity index (χ0n) is 17.6. The Kier molecular flexibility index (Phi) is 6.60. The number of rotatable bonds is 5. The van der Waals surface area contributed by atoms with Crippen molar-refractivity contribution < 1.29 is 24.8 Å². The summed E-state index contributed by atoms with van der Waals surface area (Å²) >= 11 is 0. The van der Waals surface area contributed by atoms with Crippen molar-refractivity contribution in [1.29, 1.82) is 0 Å². The minimum Gasteiger partial charge on any atom is -0.458 e. The molecule has 2 N–H and O–H groups in total. The highest BCUT2D eigenvalue weighted by atomic mass is 17.1. The van der Waals surface area contributed by atoms with Gasteiger partial charge < -0.3 is 9.84 Å². The molecule has 0 amide bonds. The number of esters is 1. The van der Waals surface area contributed by atoms with Gasteiger partial charge in [0.15, 0.2) is 0 Å². The molecule has 0 aromatic rings. The molecule has 2 aliphatic carbocycles. The topological polar surface area (TPSA) is 76.0 Å². The van der Waals surface area contributed by atoms with Gasteiger partial charge in [-0.05, 0) is 76.7 Å². The van der Waals surface area contributed by atoms with Crippen LogP contribution in [0.1, 0.15) is 73.6 Å². The maximum atomic E-state index is 11.4. The van der Waals surface area contributed by atoms with E-state index in [1.807, 2.05) is 32.9 Å². The minimum atomic E-state index is -0.864. The van der Waals surface area contributed by atoms with E-state index in [1.54, 1.807) is 0 Å². The molecule has 2 rings (SSSR count). The Bertz CT molecular complexity index is 604. The quantitative estimate of drug-likeness (QED) is 0.314. The van der Waals surface area contributed by atoms with Gasteiger partial charge in [0.05, 0.1) is 5.60 Å². The largest absolute Gasteiger partial charge is 0.458 e. The Hall–Kier alpha value is -1.17. The fraction of sp³-hybridized carbons (Fsp3) is 0.773. The summed E-state index contributed by atoms with van der Waals surface area (Å²) in [6.07, 6.45) is 9.85. The normalized spacial score (nSPS) is 37.5. The summed E-state index contributed by atoms with van der Waals surface area (Å²) < 4.78 is 5.44. The highest BCUT2D eigenvalue weighted by Gasteiger charge is 2.57. The number of fused-ring (bicyclic) bond motifs is 1. The number of allylic oxidation sites excluding steroid dienone is 2. The predicted molar refractivity (Wildman–Crippen MR) is 105 cm³/mol. The maximum absolute atomic E-state index is 11.4. The van der Waals surface area contributed by atoms with Crippen LogP contribution in [0.15, 0.2) is 23.8 Å². The summed E-state index contributed by atoms with van der Waals surface area (Å²) in [4.78, 5) is 15.9. The number of carbonyl (C=O) groups is 1. The first-order valence-corrected chi connectivity index (χ1v) is 9.96. The fourth-order valence-electron chi connectivity index (χ4n) is 4.52. The summed E-state index contributed by atoms with van der Waals surface area (Å²) in [5.74, 6) is 0.329. The van der Waals surface area contributed by atoms with Crippen LogP contribution in [-0.2, 0) is 14.4 Å². The highest BCUT2D eigenvalue weighted by Crippen LogP contribution is 2.60. The second-order valence-corrected chi connectivity index (χ2v) is 9.63. The molecule has 27 heavy (non-hydrogen) atoms. The van der Waals surface area contributed by atoms with E-state index in [2.05, 4.69) is 24.8 Å². The number of aliphatic hydroxyl groups is 1. The van der Waals surface area contributed by atoms with Gasteiger partial charge in [-0.15, -0.1) is 0 Å². The van der Waals surface area contributed by atoms with Crippen molar-refractivity contribution in [3.8, 4) is 0 Å². The van der Waals surface area contributed by atoms with Gasteiger partial charge in [0.1, 0.15) is 11.7 Å². The number of hydrogen-bond donors (Lipinski definition) is 2. The van der Waals surface area contributed by atoms with Crippen molar-refractivity contribution in [3.05, 3.63) is 23.8 Å². The van der Waals surface area contributed by atoms with Crippen LogP contribution in [-0.4, -0.2) is 33.6 Å². The molecule has 154 valence electrons. The molecular weight excluding hydrogens is 344 g/mol. The van der Waals surface area contributed by atoms with E-state index in [4.69, 9.17) is 9.99 Å². The van der Waals surface area contributed by atoms with Crippen LogP contribution in [0.3, 0.4) is 0 Å². The van der Waals surface area contributed by atoms with Crippen LogP contribution in [0.5, 0.6) is 0 Å². The second-order valence-electron chi connectivity index (χ2n) is 9.63. The lowest BCUT2D eigenvalue weighted by Crippen LogP contribution is -2.36. The molecule has 1 fully saturated rings. The van der Waals surface area contributed by atoms with Gasteiger partial charge in [0.2, 0.25) is 0 Å². The third kappa shape index (κ3) is 5.90. The van der Waals surface area contributed by atoms with E-state index in [1.165, 1.54) is 12.5 Å². The standard InChI is InChI=1S/C22H36O5/c1-15-8-11-21(5,10-7-9-20(3,4)27-25)18-13-19(18)22(6,24)14-17(12-15)26-16(2)23/h7,9,12,17-19,24-25H,8,10-11,13-14H2,1-6H3. The molecule has 1 saturated carbocycles. The summed E-state index contributed by atoms with van der Waals surface area (Å²) in [6, 6.07) is 0.